The Morgan fingerprint density at radius 3 is 2.62 bits per heavy atom. The van der Waals surface area contributed by atoms with Crippen LogP contribution in [0, 0.1) is 11.3 Å². The third-order valence-corrected chi connectivity index (χ3v) is 6.79. The van der Waals surface area contributed by atoms with Gasteiger partial charge in [-0.15, -0.1) is 0 Å². The first-order valence-electron chi connectivity index (χ1n) is 11.7. The van der Waals surface area contributed by atoms with Gasteiger partial charge < -0.3 is 10.2 Å². The lowest BCUT2D eigenvalue weighted by Crippen LogP contribution is -2.53. The third kappa shape index (κ3) is 5.09. The number of amides is 2. The fraction of sp³-hybridized carbons (Fsp3) is 0.214. The zero-order valence-corrected chi connectivity index (χ0v) is 20.3. The molecule has 0 saturated carbocycles. The monoisotopic (exact) mass is 518 g/mol. The van der Waals surface area contributed by atoms with Crippen LogP contribution in [0.4, 0.5) is 8.78 Å². The molecule has 5 rings (SSSR count). The fourth-order valence-corrected chi connectivity index (χ4v) is 4.79. The van der Waals surface area contributed by atoms with Gasteiger partial charge in [-0.2, -0.15) is 5.26 Å². The van der Waals surface area contributed by atoms with Gasteiger partial charge in [0.05, 0.1) is 30.2 Å². The lowest BCUT2D eigenvalue weighted by Gasteiger charge is -2.36. The second kappa shape index (κ2) is 9.75. The second-order valence-corrected chi connectivity index (χ2v) is 9.48. The van der Waals surface area contributed by atoms with E-state index in [9.17, 15) is 23.6 Å². The molecule has 0 bridgehead atoms. The van der Waals surface area contributed by atoms with E-state index in [1.165, 1.54) is 6.20 Å². The highest BCUT2D eigenvalue weighted by atomic mass is 35.5. The predicted molar refractivity (Wildman–Crippen MR) is 137 cm³/mol. The van der Waals surface area contributed by atoms with E-state index in [1.807, 2.05) is 60.7 Å². The van der Waals surface area contributed by atoms with Crippen LogP contribution in [0.2, 0.25) is 5.02 Å². The number of benzene rings is 3. The zero-order valence-electron chi connectivity index (χ0n) is 19.5. The normalized spacial score (nSPS) is 16.9. The van der Waals surface area contributed by atoms with E-state index in [0.29, 0.717) is 21.5 Å². The molecule has 0 spiro atoms. The number of piperidine rings is 1. The molecule has 1 saturated heterocycles. The number of fused-ring (bicyclic) bond motifs is 2. The topological polar surface area (TPSA) is 86.1 Å². The number of nitrogens with zero attached hydrogens (tertiary/aromatic N) is 3. The number of aromatic nitrogens is 1. The van der Waals surface area contributed by atoms with Crippen LogP contribution in [0.1, 0.15) is 23.2 Å². The number of halogens is 3. The summed E-state index contributed by atoms with van der Waals surface area (Å²) in [6, 6.07) is 19.7. The maximum Gasteiger partial charge on any atom is 0.265 e. The average Bonchev–Trinajstić information content (AvgIpc) is 2.90. The summed E-state index contributed by atoms with van der Waals surface area (Å²) in [6.45, 7) is -1.33. The quantitative estimate of drug-likeness (QED) is 0.381. The number of carbonyl (C=O) groups excluding carboxylic acids is 2. The molecule has 0 aliphatic carbocycles. The van der Waals surface area contributed by atoms with Crippen molar-refractivity contribution in [2.24, 2.45) is 0 Å². The number of hydrogen-bond donors (Lipinski definition) is 1. The first-order chi connectivity index (χ1) is 17.7. The minimum Gasteiger partial charge on any atom is -0.343 e. The number of likely N-dealkylation sites (tertiary alicyclic amines) is 1. The molecule has 37 heavy (non-hydrogen) atoms. The van der Waals surface area contributed by atoms with Crippen molar-refractivity contribution in [2.75, 3.05) is 13.1 Å². The number of pyridine rings is 1. The van der Waals surface area contributed by atoms with Crippen molar-refractivity contribution < 1.29 is 18.4 Å². The molecule has 2 amide bonds. The zero-order chi connectivity index (χ0) is 26.2. The van der Waals surface area contributed by atoms with Crippen LogP contribution in [0.3, 0.4) is 0 Å². The Morgan fingerprint density at radius 2 is 1.81 bits per heavy atom. The average molecular weight is 519 g/mol. The Morgan fingerprint density at radius 1 is 1.08 bits per heavy atom. The molecule has 0 radical (unpaired) electrons. The van der Waals surface area contributed by atoms with Crippen molar-refractivity contribution in [3.8, 4) is 17.2 Å². The smallest absolute Gasteiger partial charge is 0.265 e. The Balaban J connectivity index is 1.39. The summed E-state index contributed by atoms with van der Waals surface area (Å²) in [5, 5.41) is 15.0. The molecule has 0 unspecified atom stereocenters. The standard InChI is InChI=1S/C28H21ClF2N4O2/c29-21-5-3-18-11-17(1-2-19(18)12-21)20-4-6-25-24(13-20)23(8-10-33-25)27(37)34-15-26(36)35-16-28(30,31)9-7-22(35)14-32/h1-6,8,10-13,22H,7,9,15-16H2,(H,34,37)/t22-/m0/s1. The summed E-state index contributed by atoms with van der Waals surface area (Å²) < 4.78 is 27.7. The molecule has 1 aliphatic rings. The van der Waals surface area contributed by atoms with Crippen LogP contribution in [0.5, 0.6) is 0 Å². The molecule has 1 N–H and O–H groups in total. The van der Waals surface area contributed by atoms with E-state index >= 15 is 0 Å². The first kappa shape index (κ1) is 24.6. The van der Waals surface area contributed by atoms with Crippen molar-refractivity contribution in [1.29, 1.82) is 5.26 Å². The summed E-state index contributed by atoms with van der Waals surface area (Å²) in [4.78, 5) is 30.9. The Labute approximate surface area is 216 Å². The van der Waals surface area contributed by atoms with Gasteiger partial charge in [0, 0.05) is 23.0 Å². The van der Waals surface area contributed by atoms with Gasteiger partial charge in [0.25, 0.3) is 11.8 Å². The highest BCUT2D eigenvalue weighted by Gasteiger charge is 2.42. The van der Waals surface area contributed by atoms with Gasteiger partial charge >= 0.3 is 0 Å². The van der Waals surface area contributed by atoms with Crippen LogP contribution in [-0.4, -0.2) is 46.8 Å². The minimum atomic E-state index is -3.06. The lowest BCUT2D eigenvalue weighted by molar-refractivity contribution is -0.143. The molecule has 4 aromatic rings. The number of hydrogen-bond acceptors (Lipinski definition) is 4. The molecule has 6 nitrogen and oxygen atoms in total. The Hall–Kier alpha value is -4.09. The summed E-state index contributed by atoms with van der Waals surface area (Å²) in [5.41, 5.74) is 2.70. The maximum atomic E-state index is 13.8. The lowest BCUT2D eigenvalue weighted by atomic mass is 9.98. The van der Waals surface area contributed by atoms with Gasteiger partial charge in [0.2, 0.25) is 5.91 Å². The number of alkyl halides is 2. The van der Waals surface area contributed by atoms with E-state index in [0.717, 1.165) is 26.8 Å². The highest BCUT2D eigenvalue weighted by Crippen LogP contribution is 2.31. The molecular formula is C28H21ClF2N4O2. The largest absolute Gasteiger partial charge is 0.343 e. The van der Waals surface area contributed by atoms with Gasteiger partial charge in [-0.3, -0.25) is 14.6 Å². The second-order valence-electron chi connectivity index (χ2n) is 9.04. The predicted octanol–water partition coefficient (Wildman–Crippen LogP) is 5.59. The number of rotatable bonds is 4. The summed E-state index contributed by atoms with van der Waals surface area (Å²) in [7, 11) is 0. The van der Waals surface area contributed by atoms with E-state index < -0.39 is 43.3 Å². The van der Waals surface area contributed by atoms with E-state index in [4.69, 9.17) is 11.6 Å². The fourth-order valence-electron chi connectivity index (χ4n) is 4.61. The van der Waals surface area contributed by atoms with Gasteiger partial charge in [-0.1, -0.05) is 35.9 Å². The van der Waals surface area contributed by atoms with Gasteiger partial charge in [-0.25, -0.2) is 8.78 Å². The van der Waals surface area contributed by atoms with Crippen LogP contribution in [0.25, 0.3) is 32.8 Å². The maximum absolute atomic E-state index is 13.8. The van der Waals surface area contributed by atoms with Crippen LogP contribution < -0.4 is 5.32 Å². The van der Waals surface area contributed by atoms with Gasteiger partial charge in [0.15, 0.2) is 0 Å². The van der Waals surface area contributed by atoms with E-state index in [1.54, 1.807) is 6.07 Å². The number of nitrogens with one attached hydrogen (secondary N) is 1. The third-order valence-electron chi connectivity index (χ3n) is 6.55. The minimum absolute atomic E-state index is 0.108. The summed E-state index contributed by atoms with van der Waals surface area (Å²) in [6.07, 6.45) is 0.940. The first-order valence-corrected chi connectivity index (χ1v) is 12.1. The SMILES string of the molecule is N#C[C@@H]1CCC(F)(F)CN1C(=O)CNC(=O)c1ccnc2ccc(-c3ccc4cc(Cl)ccc4c3)cc12. The molecule has 9 heteroatoms. The van der Waals surface area contributed by atoms with Gasteiger partial charge in [-0.05, 0) is 64.7 Å². The van der Waals surface area contributed by atoms with E-state index in [2.05, 4.69) is 10.3 Å². The highest BCUT2D eigenvalue weighted by molar-refractivity contribution is 6.31. The van der Waals surface area contributed by atoms with E-state index in [-0.39, 0.29) is 6.42 Å². The molecule has 1 atom stereocenters. The molecular weight excluding hydrogens is 498 g/mol. The van der Waals surface area contributed by atoms with Crippen LogP contribution >= 0.6 is 11.6 Å². The van der Waals surface area contributed by atoms with Crippen molar-refractivity contribution in [3.63, 3.8) is 0 Å². The molecule has 2 heterocycles. The van der Waals surface area contributed by atoms with Crippen LogP contribution in [0.15, 0.2) is 66.9 Å². The summed E-state index contributed by atoms with van der Waals surface area (Å²) >= 11 is 6.09. The van der Waals surface area contributed by atoms with Crippen molar-refractivity contribution >= 4 is 45.1 Å². The number of carbonyl (C=O) groups is 2. The van der Waals surface area contributed by atoms with Gasteiger partial charge in [0.1, 0.15) is 6.04 Å². The van der Waals surface area contributed by atoms with Crippen molar-refractivity contribution in [2.45, 2.75) is 24.8 Å². The number of nitriles is 1. The molecule has 1 aliphatic heterocycles. The van der Waals surface area contributed by atoms with Crippen LogP contribution in [-0.2, 0) is 4.79 Å². The van der Waals surface area contributed by atoms with Crippen molar-refractivity contribution in [3.05, 3.63) is 77.4 Å². The molecule has 3 aromatic carbocycles. The molecule has 1 fully saturated rings. The van der Waals surface area contributed by atoms with Crippen molar-refractivity contribution in [1.82, 2.24) is 15.2 Å². The summed E-state index contributed by atoms with van der Waals surface area (Å²) in [5.74, 6) is -4.32. The Kier molecular flexibility index (Phi) is 6.48. The molecule has 186 valence electrons. The molecule has 1 aromatic heterocycles. The Bertz CT molecular complexity index is 1580.